The van der Waals surface area contributed by atoms with Crippen LogP contribution in [0, 0.1) is 0 Å². The fraction of sp³-hybridized carbons (Fsp3) is 0.412. The number of piperazine rings is 1. The maximum atomic E-state index is 4.57. The van der Waals surface area contributed by atoms with Crippen molar-refractivity contribution in [1.29, 1.82) is 0 Å². The normalized spacial score (nSPS) is 19.8. The third kappa shape index (κ3) is 1.91. The molecule has 0 aliphatic carbocycles. The number of benzene rings is 1. The molecule has 0 spiro atoms. The minimum Gasteiger partial charge on any atom is -0.352 e. The van der Waals surface area contributed by atoms with Crippen LogP contribution in [0.25, 0.3) is 0 Å². The molecule has 0 atom stereocenters. The van der Waals surface area contributed by atoms with E-state index in [0.29, 0.717) is 0 Å². The summed E-state index contributed by atoms with van der Waals surface area (Å²) in [6.07, 6.45) is 0. The van der Waals surface area contributed by atoms with E-state index in [-0.39, 0.29) is 0 Å². The number of fused-ring (bicyclic) bond motifs is 1. The Morgan fingerprint density at radius 1 is 0.783 bits per heavy atom. The molecule has 5 heterocycles. The summed E-state index contributed by atoms with van der Waals surface area (Å²) in [5.74, 6) is 2.00. The van der Waals surface area contributed by atoms with Crippen LogP contribution in [0.15, 0.2) is 30.3 Å². The topological polar surface area (TPSA) is 38.7 Å². The van der Waals surface area contributed by atoms with Gasteiger partial charge in [-0.2, -0.15) is 0 Å². The molecule has 1 aromatic carbocycles. The molecule has 1 saturated heterocycles. The number of para-hydroxylation sites is 2. The Labute approximate surface area is 135 Å². The average Bonchev–Trinajstić information content (AvgIpc) is 2.62. The average molecular weight is 308 g/mol. The molecule has 4 aliphatic rings. The Morgan fingerprint density at radius 2 is 1.48 bits per heavy atom. The lowest BCUT2D eigenvalue weighted by Gasteiger charge is -2.45. The molecule has 1 aromatic heterocycles. The van der Waals surface area contributed by atoms with Crippen LogP contribution >= 0.6 is 0 Å². The smallest absolute Gasteiger partial charge is 0.179 e. The van der Waals surface area contributed by atoms with Gasteiger partial charge in [0.05, 0.1) is 17.1 Å². The zero-order chi connectivity index (χ0) is 15.4. The minimum atomic E-state index is 0.979. The summed E-state index contributed by atoms with van der Waals surface area (Å²) >= 11 is 0. The summed E-state index contributed by atoms with van der Waals surface area (Å²) in [5, 5.41) is 9.10. The molecule has 0 N–H and O–H groups in total. The molecular formula is C17H20N6. The predicted octanol–water partition coefficient (Wildman–Crippen LogP) is 1.83. The van der Waals surface area contributed by atoms with Crippen molar-refractivity contribution in [3.8, 4) is 0 Å². The molecule has 0 saturated carbocycles. The number of anilines is 5. The van der Waals surface area contributed by atoms with Crippen molar-refractivity contribution in [2.24, 2.45) is 0 Å². The van der Waals surface area contributed by atoms with Gasteiger partial charge in [0.25, 0.3) is 0 Å². The zero-order valence-electron chi connectivity index (χ0n) is 13.3. The molecule has 23 heavy (non-hydrogen) atoms. The fourth-order valence-electron chi connectivity index (χ4n) is 3.78. The predicted molar refractivity (Wildman–Crippen MR) is 92.2 cm³/mol. The largest absolute Gasteiger partial charge is 0.352 e. The minimum absolute atomic E-state index is 0.979. The van der Waals surface area contributed by atoms with Gasteiger partial charge in [-0.1, -0.05) is 12.1 Å². The van der Waals surface area contributed by atoms with Gasteiger partial charge >= 0.3 is 0 Å². The Kier molecular flexibility index (Phi) is 2.76. The van der Waals surface area contributed by atoms with Crippen molar-refractivity contribution in [2.75, 3.05) is 61.0 Å². The van der Waals surface area contributed by atoms with E-state index < -0.39 is 0 Å². The molecule has 1 fully saturated rings. The van der Waals surface area contributed by atoms with E-state index in [1.54, 1.807) is 0 Å². The van der Waals surface area contributed by atoms with E-state index in [1.165, 1.54) is 17.1 Å². The molecule has 6 rings (SSSR count). The summed E-state index contributed by atoms with van der Waals surface area (Å²) in [5.41, 5.74) is 3.72. The van der Waals surface area contributed by atoms with Gasteiger partial charge in [0, 0.05) is 45.3 Å². The Bertz CT molecular complexity index is 752. The first-order valence-corrected chi connectivity index (χ1v) is 8.26. The second-order valence-corrected chi connectivity index (χ2v) is 6.49. The highest BCUT2D eigenvalue weighted by atomic mass is 15.4. The van der Waals surface area contributed by atoms with Gasteiger partial charge in [0.1, 0.15) is 0 Å². The standard InChI is InChI=1S/C17H20N6/c1-20-6-8-21(9-7-20)16-12-15-17(19-18-16)23-11-10-22(15)13-4-2-3-5-14(13)23/h2-5,12H,6-11H2,1H3. The van der Waals surface area contributed by atoms with Crippen molar-refractivity contribution in [2.45, 2.75) is 0 Å². The van der Waals surface area contributed by atoms with Crippen LogP contribution < -0.4 is 14.7 Å². The van der Waals surface area contributed by atoms with Crippen LogP contribution in [0.2, 0.25) is 0 Å². The lowest BCUT2D eigenvalue weighted by molar-refractivity contribution is 0.312. The quantitative estimate of drug-likeness (QED) is 0.800. The van der Waals surface area contributed by atoms with Crippen LogP contribution in [-0.2, 0) is 0 Å². The van der Waals surface area contributed by atoms with E-state index in [2.05, 4.69) is 67.2 Å². The highest BCUT2D eigenvalue weighted by molar-refractivity contribution is 5.94. The van der Waals surface area contributed by atoms with Gasteiger partial charge in [-0.3, -0.25) is 0 Å². The SMILES string of the molecule is CN1CCN(c2cc3c(nn2)N2CCN3c3ccccc32)CC1. The Morgan fingerprint density at radius 3 is 2.26 bits per heavy atom. The van der Waals surface area contributed by atoms with Crippen LogP contribution in [0.5, 0.6) is 0 Å². The monoisotopic (exact) mass is 308 g/mol. The van der Waals surface area contributed by atoms with Gasteiger partial charge in [-0.05, 0) is 19.2 Å². The second-order valence-electron chi connectivity index (χ2n) is 6.49. The van der Waals surface area contributed by atoms with Crippen molar-refractivity contribution < 1.29 is 0 Å². The number of likely N-dealkylation sites (N-methyl/N-ethyl adjacent to an activating group) is 1. The van der Waals surface area contributed by atoms with Crippen molar-refractivity contribution in [3.63, 3.8) is 0 Å². The molecule has 6 nitrogen and oxygen atoms in total. The molecule has 0 amide bonds. The number of nitrogens with zero attached hydrogens (tertiary/aromatic N) is 6. The molecule has 0 radical (unpaired) electrons. The molecular weight excluding hydrogens is 288 g/mol. The first-order chi connectivity index (χ1) is 11.3. The highest BCUT2D eigenvalue weighted by Crippen LogP contribution is 2.49. The second kappa shape index (κ2) is 4.83. The Balaban J connectivity index is 1.54. The van der Waals surface area contributed by atoms with E-state index in [9.17, 15) is 0 Å². The molecule has 2 aromatic rings. The first kappa shape index (κ1) is 13.1. The molecule has 2 bridgehead atoms. The number of hydrogen-bond acceptors (Lipinski definition) is 6. The first-order valence-electron chi connectivity index (χ1n) is 8.26. The summed E-state index contributed by atoms with van der Waals surface area (Å²) in [4.78, 5) is 9.39. The number of aromatic nitrogens is 2. The van der Waals surface area contributed by atoms with Gasteiger partial charge in [0.2, 0.25) is 0 Å². The van der Waals surface area contributed by atoms with Gasteiger partial charge in [-0.25, -0.2) is 0 Å². The summed E-state index contributed by atoms with van der Waals surface area (Å²) < 4.78 is 0. The summed E-state index contributed by atoms with van der Waals surface area (Å²) in [6, 6.07) is 10.8. The van der Waals surface area contributed by atoms with E-state index in [0.717, 1.165) is 50.9 Å². The molecule has 118 valence electrons. The zero-order valence-corrected chi connectivity index (χ0v) is 13.3. The van der Waals surface area contributed by atoms with Crippen LogP contribution in [0.3, 0.4) is 0 Å². The maximum Gasteiger partial charge on any atom is 0.179 e. The van der Waals surface area contributed by atoms with Gasteiger partial charge in [0.15, 0.2) is 11.6 Å². The van der Waals surface area contributed by atoms with Gasteiger partial charge in [-0.15, -0.1) is 10.2 Å². The van der Waals surface area contributed by atoms with Crippen LogP contribution in [-0.4, -0.2) is 61.4 Å². The lowest BCUT2D eigenvalue weighted by atomic mass is 10.1. The van der Waals surface area contributed by atoms with E-state index in [4.69, 9.17) is 0 Å². The van der Waals surface area contributed by atoms with Crippen molar-refractivity contribution >= 4 is 28.7 Å². The van der Waals surface area contributed by atoms with Crippen molar-refractivity contribution in [1.82, 2.24) is 15.1 Å². The lowest BCUT2D eigenvalue weighted by Crippen LogP contribution is -2.46. The fourth-order valence-corrected chi connectivity index (χ4v) is 3.78. The number of hydrogen-bond donors (Lipinski definition) is 0. The Hall–Kier alpha value is -2.34. The summed E-state index contributed by atoms with van der Waals surface area (Å²) in [7, 11) is 2.17. The van der Waals surface area contributed by atoms with E-state index in [1.807, 2.05) is 0 Å². The maximum absolute atomic E-state index is 4.57. The molecule has 6 heteroatoms. The van der Waals surface area contributed by atoms with Crippen LogP contribution in [0.4, 0.5) is 28.7 Å². The molecule has 0 unspecified atom stereocenters. The van der Waals surface area contributed by atoms with Gasteiger partial charge < -0.3 is 19.6 Å². The molecule has 4 aliphatic heterocycles. The third-order valence-electron chi connectivity index (χ3n) is 5.13. The summed E-state index contributed by atoms with van der Waals surface area (Å²) in [6.45, 7) is 6.19. The highest BCUT2D eigenvalue weighted by Gasteiger charge is 2.35. The third-order valence-corrected chi connectivity index (χ3v) is 5.13. The van der Waals surface area contributed by atoms with Crippen molar-refractivity contribution in [3.05, 3.63) is 30.3 Å². The van der Waals surface area contributed by atoms with E-state index >= 15 is 0 Å². The van der Waals surface area contributed by atoms with Crippen LogP contribution in [0.1, 0.15) is 0 Å². The number of rotatable bonds is 1.